The summed E-state index contributed by atoms with van der Waals surface area (Å²) in [6.07, 6.45) is 3.92. The zero-order valence-corrected chi connectivity index (χ0v) is 17.8. The van der Waals surface area contributed by atoms with E-state index in [-0.39, 0.29) is 5.75 Å². The van der Waals surface area contributed by atoms with Crippen molar-refractivity contribution in [1.82, 2.24) is 0 Å². The first-order chi connectivity index (χ1) is 14.6. The van der Waals surface area contributed by atoms with Gasteiger partial charge < -0.3 is 19.3 Å². The van der Waals surface area contributed by atoms with E-state index >= 15 is 0 Å². The van der Waals surface area contributed by atoms with Crippen LogP contribution in [-0.2, 0) is 0 Å². The summed E-state index contributed by atoms with van der Waals surface area (Å²) < 4.78 is 17.2. The maximum atomic E-state index is 10.7. The van der Waals surface area contributed by atoms with Gasteiger partial charge in [-0.25, -0.2) is 0 Å². The van der Waals surface area contributed by atoms with Gasteiger partial charge in [-0.05, 0) is 46.3 Å². The van der Waals surface area contributed by atoms with Crippen LogP contribution >= 0.6 is 11.3 Å². The first-order valence-corrected chi connectivity index (χ1v) is 10.3. The average molecular weight is 419 g/mol. The highest BCUT2D eigenvalue weighted by Crippen LogP contribution is 2.41. The molecule has 1 heterocycles. The maximum Gasteiger partial charge on any atom is 0.203 e. The molecule has 152 valence electrons. The van der Waals surface area contributed by atoms with Crippen molar-refractivity contribution in [3.05, 3.63) is 71.1 Å². The van der Waals surface area contributed by atoms with Crippen LogP contribution in [0, 0.1) is 0 Å². The molecule has 0 spiro atoms. The molecule has 0 bridgehead atoms. The van der Waals surface area contributed by atoms with Gasteiger partial charge in [-0.1, -0.05) is 42.5 Å². The molecule has 0 aliphatic carbocycles. The summed E-state index contributed by atoms with van der Waals surface area (Å²) in [5.41, 5.74) is 3.96. The van der Waals surface area contributed by atoms with Crippen molar-refractivity contribution in [3.63, 3.8) is 0 Å². The highest BCUT2D eigenvalue weighted by molar-refractivity contribution is 7.17. The number of benzene rings is 3. The fraction of sp³-hybridized carbons (Fsp3) is 0.120. The van der Waals surface area contributed by atoms with Crippen LogP contribution in [0.2, 0.25) is 0 Å². The number of hydrogen-bond donors (Lipinski definition) is 1. The first-order valence-electron chi connectivity index (χ1n) is 9.42. The van der Waals surface area contributed by atoms with Gasteiger partial charge in [0, 0.05) is 15.6 Å². The van der Waals surface area contributed by atoms with Crippen LogP contribution in [0.5, 0.6) is 23.0 Å². The summed E-state index contributed by atoms with van der Waals surface area (Å²) in [4.78, 5) is 0. The van der Waals surface area contributed by atoms with E-state index in [1.807, 2.05) is 42.5 Å². The molecule has 0 amide bonds. The second kappa shape index (κ2) is 8.51. The van der Waals surface area contributed by atoms with Crippen LogP contribution in [-0.4, -0.2) is 26.4 Å². The molecule has 5 heteroatoms. The number of ether oxygens (including phenoxy) is 3. The van der Waals surface area contributed by atoms with E-state index in [0.717, 1.165) is 32.3 Å². The molecule has 30 heavy (non-hydrogen) atoms. The molecule has 0 unspecified atom stereocenters. The van der Waals surface area contributed by atoms with Crippen molar-refractivity contribution >= 4 is 33.6 Å². The van der Waals surface area contributed by atoms with Crippen molar-refractivity contribution in [1.29, 1.82) is 0 Å². The standard InChI is InChI=1S/C25H22O4S/c1-27-21-12-17(13-22(28-2)25(21)29-3)10-9-16-11-20(26)24-19(15-30-23(24)14-16)18-7-5-4-6-8-18/h4-15,26H,1-3H3/b10-9+. The Morgan fingerprint density at radius 1 is 0.800 bits per heavy atom. The maximum absolute atomic E-state index is 10.7. The van der Waals surface area contributed by atoms with Gasteiger partial charge in [0.25, 0.3) is 0 Å². The molecule has 1 aromatic heterocycles. The molecule has 1 N–H and O–H groups in total. The molecule has 0 aliphatic heterocycles. The second-order valence-electron chi connectivity index (χ2n) is 6.72. The molecule has 4 aromatic rings. The number of hydrogen-bond acceptors (Lipinski definition) is 5. The van der Waals surface area contributed by atoms with Crippen molar-refractivity contribution in [2.45, 2.75) is 0 Å². The molecular weight excluding hydrogens is 396 g/mol. The number of methoxy groups -OCH3 is 3. The average Bonchev–Trinajstić information content (AvgIpc) is 3.22. The molecule has 0 saturated heterocycles. The minimum atomic E-state index is 0.275. The number of aromatic hydroxyl groups is 1. The summed E-state index contributed by atoms with van der Waals surface area (Å²) in [5.74, 6) is 2.03. The van der Waals surface area contributed by atoms with Gasteiger partial charge in [0.1, 0.15) is 5.75 Å². The monoisotopic (exact) mass is 418 g/mol. The van der Waals surface area contributed by atoms with Crippen molar-refractivity contribution in [2.24, 2.45) is 0 Å². The Balaban J connectivity index is 1.71. The quantitative estimate of drug-likeness (QED) is 0.365. The van der Waals surface area contributed by atoms with E-state index in [1.54, 1.807) is 38.7 Å². The molecule has 4 nitrogen and oxygen atoms in total. The van der Waals surface area contributed by atoms with Crippen molar-refractivity contribution < 1.29 is 19.3 Å². The van der Waals surface area contributed by atoms with E-state index < -0.39 is 0 Å². The lowest BCUT2D eigenvalue weighted by Gasteiger charge is -2.12. The lowest BCUT2D eigenvalue weighted by molar-refractivity contribution is 0.324. The van der Waals surface area contributed by atoms with Gasteiger partial charge in [0.2, 0.25) is 5.75 Å². The van der Waals surface area contributed by atoms with Gasteiger partial charge in [-0.2, -0.15) is 0 Å². The third kappa shape index (κ3) is 3.72. The SMILES string of the molecule is COc1cc(/C=C/c2cc(O)c3c(-c4ccccc4)csc3c2)cc(OC)c1OC. The third-order valence-electron chi connectivity index (χ3n) is 4.92. The number of fused-ring (bicyclic) bond motifs is 1. The third-order valence-corrected chi connectivity index (χ3v) is 5.85. The Bertz CT molecular complexity index is 1180. The largest absolute Gasteiger partial charge is 0.507 e. The van der Waals surface area contributed by atoms with Gasteiger partial charge in [0.15, 0.2) is 11.5 Å². The lowest BCUT2D eigenvalue weighted by atomic mass is 10.0. The van der Waals surface area contributed by atoms with E-state index in [4.69, 9.17) is 14.2 Å². The Morgan fingerprint density at radius 2 is 1.43 bits per heavy atom. The van der Waals surface area contributed by atoms with Crippen LogP contribution in [0.1, 0.15) is 11.1 Å². The molecule has 0 radical (unpaired) electrons. The number of phenols is 1. The topological polar surface area (TPSA) is 47.9 Å². The summed E-state index contributed by atoms with van der Waals surface area (Å²) in [6, 6.07) is 17.7. The van der Waals surface area contributed by atoms with Gasteiger partial charge in [0.05, 0.1) is 21.3 Å². The molecule has 0 atom stereocenters. The zero-order valence-electron chi connectivity index (χ0n) is 17.0. The highest BCUT2D eigenvalue weighted by atomic mass is 32.1. The first kappa shape index (κ1) is 19.9. The zero-order chi connectivity index (χ0) is 21.1. The number of rotatable bonds is 6. The summed E-state index contributed by atoms with van der Waals surface area (Å²) in [5, 5.41) is 13.7. The smallest absolute Gasteiger partial charge is 0.203 e. The fourth-order valence-corrected chi connectivity index (χ4v) is 4.52. The van der Waals surface area contributed by atoms with Gasteiger partial charge in [-0.15, -0.1) is 11.3 Å². The molecule has 0 saturated carbocycles. The lowest BCUT2D eigenvalue weighted by Crippen LogP contribution is -1.95. The number of thiophene rings is 1. The summed E-state index contributed by atoms with van der Waals surface area (Å²) in [6.45, 7) is 0. The van der Waals surface area contributed by atoms with E-state index in [0.29, 0.717) is 17.2 Å². The summed E-state index contributed by atoms with van der Waals surface area (Å²) in [7, 11) is 4.77. The van der Waals surface area contributed by atoms with Crippen LogP contribution in [0.3, 0.4) is 0 Å². The number of phenolic OH excluding ortho intramolecular Hbond substituents is 1. The van der Waals surface area contributed by atoms with Crippen molar-refractivity contribution in [3.8, 4) is 34.1 Å². The predicted octanol–water partition coefficient (Wildman–Crippen LogP) is 6.47. The summed E-state index contributed by atoms with van der Waals surface area (Å²) >= 11 is 1.63. The minimum Gasteiger partial charge on any atom is -0.507 e. The molecule has 4 rings (SSSR count). The van der Waals surface area contributed by atoms with E-state index in [2.05, 4.69) is 23.6 Å². The predicted molar refractivity (Wildman–Crippen MR) is 124 cm³/mol. The van der Waals surface area contributed by atoms with Crippen molar-refractivity contribution in [2.75, 3.05) is 21.3 Å². The van der Waals surface area contributed by atoms with E-state index in [9.17, 15) is 5.11 Å². The van der Waals surface area contributed by atoms with Gasteiger partial charge >= 0.3 is 0 Å². The van der Waals surface area contributed by atoms with Crippen LogP contribution in [0.25, 0.3) is 33.4 Å². The Morgan fingerprint density at radius 3 is 2.03 bits per heavy atom. The van der Waals surface area contributed by atoms with E-state index in [1.165, 1.54) is 0 Å². The Labute approximate surface area is 179 Å². The molecule has 0 aliphatic rings. The highest BCUT2D eigenvalue weighted by Gasteiger charge is 2.13. The van der Waals surface area contributed by atoms with Crippen LogP contribution in [0.15, 0.2) is 60.0 Å². The fourth-order valence-electron chi connectivity index (χ4n) is 3.48. The van der Waals surface area contributed by atoms with Crippen LogP contribution in [0.4, 0.5) is 0 Å². The Kier molecular flexibility index (Phi) is 5.63. The molecule has 3 aromatic carbocycles. The normalized spacial score (nSPS) is 11.2. The van der Waals surface area contributed by atoms with Crippen LogP contribution < -0.4 is 14.2 Å². The Hall–Kier alpha value is -3.44. The molecular formula is C25H22O4S. The second-order valence-corrected chi connectivity index (χ2v) is 7.63. The minimum absolute atomic E-state index is 0.275. The van der Waals surface area contributed by atoms with Gasteiger partial charge in [-0.3, -0.25) is 0 Å². The molecule has 0 fully saturated rings.